The molecule has 0 saturated heterocycles. The van der Waals surface area contributed by atoms with Crippen LogP contribution in [0.4, 0.5) is 5.69 Å². The number of anilines is 1. The number of carbonyl (C=O) groups excluding carboxylic acids is 2. The van der Waals surface area contributed by atoms with Crippen molar-refractivity contribution in [2.75, 3.05) is 10.8 Å². The number of nitrogens with one attached hydrogen (secondary N) is 1. The van der Waals surface area contributed by atoms with E-state index in [1.54, 1.807) is 50.2 Å². The summed E-state index contributed by atoms with van der Waals surface area (Å²) in [4.78, 5) is 28.6. The van der Waals surface area contributed by atoms with Crippen LogP contribution < -0.4 is 9.62 Å². The second-order valence-corrected chi connectivity index (χ2v) is 12.6. The summed E-state index contributed by atoms with van der Waals surface area (Å²) >= 11 is 9.60. The predicted molar refractivity (Wildman–Crippen MR) is 159 cm³/mol. The van der Waals surface area contributed by atoms with Gasteiger partial charge in [-0.3, -0.25) is 13.9 Å². The van der Waals surface area contributed by atoms with Gasteiger partial charge in [-0.2, -0.15) is 0 Å². The lowest BCUT2D eigenvalue weighted by atomic mass is 10.1. The van der Waals surface area contributed by atoms with E-state index in [1.165, 1.54) is 17.0 Å². The van der Waals surface area contributed by atoms with Crippen molar-refractivity contribution >= 4 is 55.1 Å². The zero-order chi connectivity index (χ0) is 28.7. The second kappa shape index (κ2) is 13.5. The summed E-state index contributed by atoms with van der Waals surface area (Å²) < 4.78 is 29.6. The fourth-order valence-corrected chi connectivity index (χ4v) is 6.18. The van der Waals surface area contributed by atoms with E-state index in [4.69, 9.17) is 11.6 Å². The van der Waals surface area contributed by atoms with Gasteiger partial charge in [0.1, 0.15) is 12.6 Å². The summed E-state index contributed by atoms with van der Waals surface area (Å²) in [5.41, 5.74) is 1.72. The first-order valence-corrected chi connectivity index (χ1v) is 15.2. The highest BCUT2D eigenvalue weighted by atomic mass is 79.9. The Morgan fingerprint density at radius 2 is 1.69 bits per heavy atom. The van der Waals surface area contributed by atoms with Crippen molar-refractivity contribution in [2.45, 2.75) is 57.6 Å². The normalized spacial score (nSPS) is 12.9. The number of amides is 2. The monoisotopic (exact) mass is 633 g/mol. The first-order chi connectivity index (χ1) is 18.4. The molecule has 3 aromatic rings. The minimum absolute atomic E-state index is 0.0493. The van der Waals surface area contributed by atoms with Crippen molar-refractivity contribution < 1.29 is 18.0 Å². The van der Waals surface area contributed by atoms with Crippen molar-refractivity contribution in [2.24, 2.45) is 0 Å². The van der Waals surface area contributed by atoms with Crippen LogP contribution in [0.2, 0.25) is 5.02 Å². The van der Waals surface area contributed by atoms with Crippen LogP contribution in [0.25, 0.3) is 0 Å². The van der Waals surface area contributed by atoms with Gasteiger partial charge < -0.3 is 10.2 Å². The topological polar surface area (TPSA) is 86.8 Å². The molecule has 0 bridgehead atoms. The molecule has 3 rings (SSSR count). The van der Waals surface area contributed by atoms with E-state index >= 15 is 0 Å². The van der Waals surface area contributed by atoms with Gasteiger partial charge in [-0.25, -0.2) is 8.42 Å². The van der Waals surface area contributed by atoms with Crippen LogP contribution >= 0.6 is 27.5 Å². The van der Waals surface area contributed by atoms with Crippen LogP contribution in [0.5, 0.6) is 0 Å². The maximum atomic E-state index is 14.0. The fraction of sp³-hybridized carbons (Fsp3) is 0.310. The average molecular weight is 635 g/mol. The van der Waals surface area contributed by atoms with E-state index < -0.39 is 28.5 Å². The van der Waals surface area contributed by atoms with Crippen molar-refractivity contribution in [1.82, 2.24) is 10.2 Å². The van der Waals surface area contributed by atoms with Crippen molar-refractivity contribution in [1.29, 1.82) is 0 Å². The molecule has 0 saturated carbocycles. The standard InChI is InChI=1S/C29H33BrClN3O4S/c1-5-21(3)32-29(36)22(4)33(18-23-10-9-11-24(30)17-23)28(35)19-34(27-15-14-25(31)16-20(27)2)39(37,38)26-12-7-6-8-13-26/h6-17,21-22H,5,18-19H2,1-4H3,(H,32,36)/t21-,22-/m0/s1. The highest BCUT2D eigenvalue weighted by molar-refractivity contribution is 9.10. The molecule has 39 heavy (non-hydrogen) atoms. The Morgan fingerprint density at radius 1 is 1.00 bits per heavy atom. The minimum Gasteiger partial charge on any atom is -0.352 e. The van der Waals surface area contributed by atoms with Crippen molar-refractivity contribution in [3.63, 3.8) is 0 Å². The van der Waals surface area contributed by atoms with Crippen LogP contribution in [0.3, 0.4) is 0 Å². The van der Waals surface area contributed by atoms with E-state index in [1.807, 2.05) is 38.1 Å². The fourth-order valence-electron chi connectivity index (χ4n) is 4.01. The van der Waals surface area contributed by atoms with Gasteiger partial charge in [0, 0.05) is 22.1 Å². The molecule has 0 radical (unpaired) electrons. The highest BCUT2D eigenvalue weighted by Gasteiger charge is 2.33. The van der Waals surface area contributed by atoms with E-state index in [-0.39, 0.29) is 23.4 Å². The largest absolute Gasteiger partial charge is 0.352 e. The van der Waals surface area contributed by atoms with Gasteiger partial charge in [0.05, 0.1) is 10.6 Å². The number of rotatable bonds is 11. The third-order valence-electron chi connectivity index (χ3n) is 6.45. The Balaban J connectivity index is 2.05. The van der Waals surface area contributed by atoms with E-state index in [2.05, 4.69) is 21.2 Å². The second-order valence-electron chi connectivity index (χ2n) is 9.40. The van der Waals surface area contributed by atoms with Gasteiger partial charge in [0.15, 0.2) is 0 Å². The zero-order valence-corrected chi connectivity index (χ0v) is 25.6. The van der Waals surface area contributed by atoms with Gasteiger partial charge in [0.25, 0.3) is 10.0 Å². The summed E-state index contributed by atoms with van der Waals surface area (Å²) in [6, 6.07) is 19.3. The number of carbonyl (C=O) groups is 2. The Bertz CT molecular complexity index is 1420. The van der Waals surface area contributed by atoms with Gasteiger partial charge in [-0.1, -0.05) is 64.8 Å². The predicted octanol–water partition coefficient (Wildman–Crippen LogP) is 5.94. The van der Waals surface area contributed by atoms with E-state index in [0.717, 1.165) is 20.8 Å². The first-order valence-electron chi connectivity index (χ1n) is 12.6. The quantitative estimate of drug-likeness (QED) is 0.283. The molecule has 2 amide bonds. The molecule has 0 fully saturated rings. The van der Waals surface area contributed by atoms with Crippen LogP contribution in [0.1, 0.15) is 38.3 Å². The van der Waals surface area contributed by atoms with Crippen LogP contribution in [0, 0.1) is 6.92 Å². The summed E-state index contributed by atoms with van der Waals surface area (Å²) in [5, 5.41) is 3.38. The summed E-state index contributed by atoms with van der Waals surface area (Å²) in [5.74, 6) is -0.830. The maximum Gasteiger partial charge on any atom is 0.264 e. The molecule has 0 aliphatic carbocycles. The van der Waals surface area contributed by atoms with Gasteiger partial charge in [0.2, 0.25) is 11.8 Å². The number of nitrogens with zero attached hydrogens (tertiary/aromatic N) is 2. The minimum atomic E-state index is -4.13. The van der Waals surface area contributed by atoms with Crippen LogP contribution in [0.15, 0.2) is 82.2 Å². The third-order valence-corrected chi connectivity index (χ3v) is 8.95. The lowest BCUT2D eigenvalue weighted by Gasteiger charge is -2.33. The third kappa shape index (κ3) is 7.84. The zero-order valence-electron chi connectivity index (χ0n) is 22.4. The Morgan fingerprint density at radius 3 is 2.31 bits per heavy atom. The highest BCUT2D eigenvalue weighted by Crippen LogP contribution is 2.29. The Hall–Kier alpha value is -2.88. The van der Waals surface area contributed by atoms with Crippen molar-refractivity contribution in [3.8, 4) is 0 Å². The molecule has 0 unspecified atom stereocenters. The van der Waals surface area contributed by atoms with E-state index in [0.29, 0.717) is 16.3 Å². The summed E-state index contributed by atoms with van der Waals surface area (Å²) in [6.45, 7) is 6.85. The molecule has 2 atom stereocenters. The molecule has 3 aromatic carbocycles. The first kappa shape index (κ1) is 30.7. The molecular weight excluding hydrogens is 602 g/mol. The molecule has 0 aromatic heterocycles. The molecule has 7 nitrogen and oxygen atoms in total. The number of halogens is 2. The number of benzene rings is 3. The molecule has 0 spiro atoms. The average Bonchev–Trinajstić information content (AvgIpc) is 2.90. The Kier molecular flexibility index (Phi) is 10.6. The number of sulfonamides is 1. The number of aryl methyl sites for hydroxylation is 1. The molecular formula is C29H33BrClN3O4S. The Labute approximate surface area is 244 Å². The lowest BCUT2D eigenvalue weighted by molar-refractivity contribution is -0.139. The molecule has 0 aliphatic heterocycles. The molecule has 0 aliphatic rings. The van der Waals surface area contributed by atoms with Crippen LogP contribution in [-0.2, 0) is 26.2 Å². The molecule has 208 valence electrons. The molecule has 1 N–H and O–H groups in total. The van der Waals surface area contributed by atoms with Gasteiger partial charge >= 0.3 is 0 Å². The SMILES string of the molecule is CC[C@H](C)NC(=O)[C@H](C)N(Cc1cccc(Br)c1)C(=O)CN(c1ccc(Cl)cc1C)S(=O)(=O)c1ccccc1. The van der Waals surface area contributed by atoms with Crippen LogP contribution in [-0.4, -0.2) is 43.8 Å². The molecule has 0 heterocycles. The van der Waals surface area contributed by atoms with Gasteiger partial charge in [-0.05, 0) is 80.8 Å². The van der Waals surface area contributed by atoms with Gasteiger partial charge in [-0.15, -0.1) is 0 Å². The maximum absolute atomic E-state index is 14.0. The summed E-state index contributed by atoms with van der Waals surface area (Å²) in [6.07, 6.45) is 0.733. The number of hydrogen-bond donors (Lipinski definition) is 1. The van der Waals surface area contributed by atoms with Crippen molar-refractivity contribution in [3.05, 3.63) is 93.4 Å². The summed E-state index contributed by atoms with van der Waals surface area (Å²) in [7, 11) is -4.13. The lowest BCUT2D eigenvalue weighted by Crippen LogP contribution is -2.52. The number of hydrogen-bond acceptors (Lipinski definition) is 4. The van der Waals surface area contributed by atoms with E-state index in [9.17, 15) is 18.0 Å². The smallest absolute Gasteiger partial charge is 0.264 e. The molecule has 10 heteroatoms.